The van der Waals surface area contributed by atoms with E-state index >= 15 is 0 Å². The molecule has 0 aliphatic carbocycles. The largest absolute Gasteiger partial charge is 0.340 e. The van der Waals surface area contributed by atoms with Gasteiger partial charge in [0.05, 0.1) is 32.9 Å². The van der Waals surface area contributed by atoms with E-state index in [0.717, 1.165) is 6.54 Å². The van der Waals surface area contributed by atoms with Gasteiger partial charge < -0.3 is 9.80 Å². The number of H-pyrrole nitrogens is 1. The molecule has 1 saturated heterocycles. The lowest BCUT2D eigenvalue weighted by molar-refractivity contribution is -0.858. The number of Topliss-reactive ketones (excluding diaryl/α,β-unsaturated/α-hetero) is 2. The predicted molar refractivity (Wildman–Crippen MR) is 115 cm³/mol. The van der Waals surface area contributed by atoms with Crippen LogP contribution in [0, 0.1) is 18.7 Å². The van der Waals surface area contributed by atoms with Crippen molar-refractivity contribution in [3.8, 4) is 0 Å². The van der Waals surface area contributed by atoms with Crippen LogP contribution in [0.5, 0.6) is 0 Å². The maximum absolute atomic E-state index is 13.8. The van der Waals surface area contributed by atoms with E-state index in [-0.39, 0.29) is 0 Å². The second kappa shape index (κ2) is 8.63. The number of aromatic amines is 1. The third-order valence-corrected chi connectivity index (χ3v) is 5.98. The van der Waals surface area contributed by atoms with Crippen LogP contribution in [0.4, 0.5) is 4.39 Å². The van der Waals surface area contributed by atoms with Crippen molar-refractivity contribution in [2.45, 2.75) is 19.4 Å². The van der Waals surface area contributed by atoms with Crippen molar-refractivity contribution in [1.82, 2.24) is 9.88 Å². The smallest absolute Gasteiger partial charge is 0.291 e. The SMILES string of the molecule is Cc1[nH]c2cccc[n+]2c1C(=O)C1C(=O)C(=O)N(CCC[NH+](C)C)C1c1ccc(F)cc1. The number of likely N-dealkylation sites (tertiary alicyclic amines) is 1. The first-order valence-corrected chi connectivity index (χ1v) is 10.7. The van der Waals surface area contributed by atoms with Gasteiger partial charge in [-0.25, -0.2) is 9.37 Å². The molecule has 2 atom stereocenters. The summed E-state index contributed by atoms with van der Waals surface area (Å²) in [5, 5.41) is 0. The summed E-state index contributed by atoms with van der Waals surface area (Å²) in [5.41, 5.74) is 2.25. The fraction of sp³-hybridized carbons (Fsp3) is 0.333. The number of nitrogens with zero attached hydrogens (tertiary/aromatic N) is 2. The number of carbonyl (C=O) groups excluding carboxylic acids is 3. The molecule has 0 radical (unpaired) electrons. The van der Waals surface area contributed by atoms with Crippen LogP contribution in [0.2, 0.25) is 0 Å². The Balaban J connectivity index is 1.78. The van der Waals surface area contributed by atoms with Crippen molar-refractivity contribution in [3.05, 3.63) is 71.4 Å². The lowest BCUT2D eigenvalue weighted by Crippen LogP contribution is -3.05. The second-order valence-corrected chi connectivity index (χ2v) is 8.57. The second-order valence-electron chi connectivity index (χ2n) is 8.57. The topological polar surface area (TPSA) is 78.8 Å². The monoisotopic (exact) mass is 438 g/mol. The Morgan fingerprint density at radius 2 is 1.88 bits per heavy atom. The molecule has 7 nitrogen and oxygen atoms in total. The van der Waals surface area contributed by atoms with Gasteiger partial charge in [-0.1, -0.05) is 18.2 Å². The molecule has 1 fully saturated rings. The molecule has 2 N–H and O–H groups in total. The summed E-state index contributed by atoms with van der Waals surface area (Å²) in [6.45, 7) is 2.93. The Hall–Kier alpha value is -3.39. The molecule has 0 spiro atoms. The summed E-state index contributed by atoms with van der Waals surface area (Å²) >= 11 is 0. The number of fused-ring (bicyclic) bond motifs is 1. The first-order chi connectivity index (χ1) is 15.3. The minimum atomic E-state index is -1.19. The van der Waals surface area contributed by atoms with Crippen LogP contribution in [0.25, 0.3) is 5.65 Å². The molecule has 0 bridgehead atoms. The van der Waals surface area contributed by atoms with Crippen LogP contribution in [-0.2, 0) is 9.59 Å². The van der Waals surface area contributed by atoms with Crippen LogP contribution in [0.15, 0.2) is 48.7 Å². The third-order valence-electron chi connectivity index (χ3n) is 5.98. The first-order valence-electron chi connectivity index (χ1n) is 10.7. The normalized spacial score (nSPS) is 18.8. The van der Waals surface area contributed by atoms with Gasteiger partial charge in [0.15, 0.2) is 0 Å². The van der Waals surface area contributed by atoms with Gasteiger partial charge in [0, 0.05) is 26.0 Å². The highest BCUT2D eigenvalue weighted by molar-refractivity contribution is 6.43. The number of ketones is 2. The van der Waals surface area contributed by atoms with Crippen LogP contribution >= 0.6 is 0 Å². The summed E-state index contributed by atoms with van der Waals surface area (Å²) < 4.78 is 15.3. The number of pyridine rings is 1. The number of amides is 1. The molecule has 3 aromatic rings. The number of quaternary nitrogens is 1. The number of aromatic nitrogens is 2. The molecular formula is C24H27FN4O3+2. The van der Waals surface area contributed by atoms with E-state index in [1.807, 2.05) is 26.2 Å². The van der Waals surface area contributed by atoms with Crippen molar-refractivity contribution in [2.24, 2.45) is 5.92 Å². The number of imidazole rings is 1. The van der Waals surface area contributed by atoms with Gasteiger partial charge in [-0.2, -0.15) is 4.40 Å². The Kier molecular flexibility index (Phi) is 5.88. The summed E-state index contributed by atoms with van der Waals surface area (Å²) in [6.07, 6.45) is 2.43. The number of hydrogen-bond donors (Lipinski definition) is 2. The van der Waals surface area contributed by atoms with Gasteiger partial charge in [-0.3, -0.25) is 14.4 Å². The lowest BCUT2D eigenvalue weighted by atomic mass is 9.87. The van der Waals surface area contributed by atoms with Gasteiger partial charge in [-0.15, -0.1) is 0 Å². The van der Waals surface area contributed by atoms with Crippen LogP contribution < -0.4 is 9.30 Å². The molecule has 3 heterocycles. The van der Waals surface area contributed by atoms with Crippen molar-refractivity contribution in [1.29, 1.82) is 0 Å². The van der Waals surface area contributed by atoms with E-state index in [0.29, 0.717) is 35.6 Å². The number of aryl methyl sites for hydroxylation is 1. The van der Waals surface area contributed by atoms with Crippen LogP contribution in [0.1, 0.15) is 34.2 Å². The number of benzene rings is 1. The molecule has 166 valence electrons. The van der Waals surface area contributed by atoms with E-state index in [1.165, 1.54) is 21.9 Å². The minimum absolute atomic E-state index is 0.346. The van der Waals surface area contributed by atoms with Gasteiger partial charge in [0.1, 0.15) is 17.4 Å². The third kappa shape index (κ3) is 3.82. The Labute approximate surface area is 185 Å². The van der Waals surface area contributed by atoms with Gasteiger partial charge in [0.25, 0.3) is 11.6 Å². The highest BCUT2D eigenvalue weighted by atomic mass is 19.1. The Morgan fingerprint density at radius 3 is 2.56 bits per heavy atom. The summed E-state index contributed by atoms with van der Waals surface area (Å²) in [6, 6.07) is 10.4. The number of rotatable bonds is 7. The Bertz CT molecular complexity index is 1190. The van der Waals surface area contributed by atoms with E-state index in [4.69, 9.17) is 0 Å². The molecule has 1 aliphatic rings. The zero-order valence-electron chi connectivity index (χ0n) is 18.4. The molecule has 1 aromatic carbocycles. The number of nitrogens with one attached hydrogen (secondary N) is 2. The predicted octanol–water partition coefficient (Wildman–Crippen LogP) is 0.687. The van der Waals surface area contributed by atoms with Crippen molar-refractivity contribution < 1.29 is 28.1 Å². The first kappa shape index (κ1) is 21.8. The van der Waals surface area contributed by atoms with Crippen molar-refractivity contribution >= 4 is 23.1 Å². The number of carbonyl (C=O) groups is 3. The molecule has 1 amide bonds. The van der Waals surface area contributed by atoms with Crippen LogP contribution in [0.3, 0.4) is 0 Å². The quantitative estimate of drug-likeness (QED) is 0.247. The average molecular weight is 439 g/mol. The fourth-order valence-electron chi connectivity index (χ4n) is 4.49. The molecule has 1 aliphatic heterocycles. The maximum atomic E-state index is 13.8. The zero-order chi connectivity index (χ0) is 23.0. The summed E-state index contributed by atoms with van der Waals surface area (Å²) in [7, 11) is 4.02. The minimum Gasteiger partial charge on any atom is -0.340 e. The fourth-order valence-corrected chi connectivity index (χ4v) is 4.49. The Morgan fingerprint density at radius 1 is 1.16 bits per heavy atom. The van der Waals surface area contributed by atoms with Crippen molar-refractivity contribution in [2.75, 3.05) is 27.2 Å². The maximum Gasteiger partial charge on any atom is 0.291 e. The van der Waals surface area contributed by atoms with Gasteiger partial charge in [0.2, 0.25) is 17.3 Å². The number of halogens is 1. The number of hydrogen-bond acceptors (Lipinski definition) is 3. The van der Waals surface area contributed by atoms with Gasteiger partial charge in [-0.05, 0) is 23.8 Å². The molecular weight excluding hydrogens is 411 g/mol. The van der Waals surface area contributed by atoms with Gasteiger partial charge >= 0.3 is 0 Å². The highest BCUT2D eigenvalue weighted by Crippen LogP contribution is 2.38. The standard InChI is InChI=1S/C24H25FN4O3/c1-15-20(28-13-5-4-7-18(28)26-15)22(30)19-21(16-8-10-17(25)11-9-16)29(24(32)23(19)31)14-6-12-27(2)3/h4-5,7-11,13,19,21H,6,12,14H2,1-3H3/p+2. The van der Waals surface area contributed by atoms with E-state index in [2.05, 4.69) is 4.98 Å². The lowest BCUT2D eigenvalue weighted by Gasteiger charge is -2.27. The zero-order valence-corrected chi connectivity index (χ0v) is 18.4. The van der Waals surface area contributed by atoms with E-state index in [1.54, 1.807) is 35.7 Å². The summed E-state index contributed by atoms with van der Waals surface area (Å²) in [4.78, 5) is 45.7. The van der Waals surface area contributed by atoms with Crippen molar-refractivity contribution in [3.63, 3.8) is 0 Å². The molecule has 8 heteroatoms. The summed E-state index contributed by atoms with van der Waals surface area (Å²) in [5.74, 6) is -3.40. The average Bonchev–Trinajstić information content (AvgIpc) is 3.22. The molecule has 2 unspecified atom stereocenters. The molecule has 0 saturated carbocycles. The van der Waals surface area contributed by atoms with E-state index < -0.39 is 35.3 Å². The van der Waals surface area contributed by atoms with E-state index in [9.17, 15) is 18.8 Å². The van der Waals surface area contributed by atoms with Crippen LogP contribution in [-0.4, -0.2) is 54.5 Å². The molecule has 4 rings (SSSR count). The molecule has 2 aromatic heterocycles. The molecule has 32 heavy (non-hydrogen) atoms. The highest BCUT2D eigenvalue weighted by Gasteiger charge is 2.53.